The van der Waals surface area contributed by atoms with Crippen LogP contribution in [0.2, 0.25) is 0 Å². The molecule has 1 aliphatic rings. The number of hydrogen-bond acceptors (Lipinski definition) is 3. The third-order valence-corrected chi connectivity index (χ3v) is 2.67. The van der Waals surface area contributed by atoms with Gasteiger partial charge in [-0.05, 0) is 12.1 Å². The molecule has 1 heterocycles. The Labute approximate surface area is 91.5 Å². The molecule has 0 amide bonds. The molecule has 1 saturated heterocycles. The van der Waals surface area contributed by atoms with Crippen molar-refractivity contribution >= 4 is 11.7 Å². The number of aliphatic carboxylic acids is 1. The lowest BCUT2D eigenvalue weighted by atomic mass is 9.98. The lowest BCUT2D eigenvalue weighted by Gasteiger charge is -2.39. The smallest absolute Gasteiger partial charge is 0.310 e. The van der Waals surface area contributed by atoms with Crippen molar-refractivity contribution in [3.63, 3.8) is 0 Å². The molecule has 0 unspecified atom stereocenters. The van der Waals surface area contributed by atoms with Gasteiger partial charge in [0.1, 0.15) is 17.4 Å². The molecule has 4 nitrogen and oxygen atoms in total. The first kappa shape index (κ1) is 10.4. The lowest BCUT2D eigenvalue weighted by molar-refractivity contribution is -0.142. The molecule has 82 valence electrons. The molecule has 0 spiro atoms. The normalized spacial score (nSPS) is 15.4. The van der Waals surface area contributed by atoms with E-state index in [1.807, 2.05) is 0 Å². The van der Waals surface area contributed by atoms with Crippen molar-refractivity contribution in [3.05, 3.63) is 29.6 Å². The third-order valence-electron chi connectivity index (χ3n) is 2.67. The summed E-state index contributed by atoms with van der Waals surface area (Å²) in [4.78, 5) is 12.3. The van der Waals surface area contributed by atoms with Crippen LogP contribution < -0.4 is 4.90 Å². The molecule has 1 N–H and O–H groups in total. The number of nitrogens with zero attached hydrogens (tertiary/aromatic N) is 2. The first-order chi connectivity index (χ1) is 7.63. The van der Waals surface area contributed by atoms with Gasteiger partial charge in [0.15, 0.2) is 0 Å². The summed E-state index contributed by atoms with van der Waals surface area (Å²) in [5.74, 6) is -1.85. The molecule has 1 aliphatic heterocycles. The van der Waals surface area contributed by atoms with Gasteiger partial charge in [-0.1, -0.05) is 6.07 Å². The number of anilines is 1. The molecule has 1 aromatic carbocycles. The minimum atomic E-state index is -0.855. The second-order valence-electron chi connectivity index (χ2n) is 3.69. The van der Waals surface area contributed by atoms with E-state index < -0.39 is 17.7 Å². The number of rotatable bonds is 2. The Morgan fingerprint density at radius 3 is 2.81 bits per heavy atom. The van der Waals surface area contributed by atoms with Crippen LogP contribution in [-0.2, 0) is 4.79 Å². The number of nitriles is 1. The molecule has 5 heteroatoms. The van der Waals surface area contributed by atoms with Gasteiger partial charge in [0.2, 0.25) is 0 Å². The molecule has 0 aliphatic carbocycles. The average Bonchev–Trinajstić information content (AvgIpc) is 2.15. The van der Waals surface area contributed by atoms with Crippen LogP contribution in [0.4, 0.5) is 10.1 Å². The monoisotopic (exact) mass is 220 g/mol. The van der Waals surface area contributed by atoms with Gasteiger partial charge in [0, 0.05) is 13.1 Å². The van der Waals surface area contributed by atoms with Crippen molar-refractivity contribution in [2.75, 3.05) is 18.0 Å². The zero-order chi connectivity index (χ0) is 11.7. The Bertz CT molecular complexity index is 475. The number of carbonyl (C=O) groups is 1. The van der Waals surface area contributed by atoms with Gasteiger partial charge in [0.05, 0.1) is 11.6 Å². The minimum absolute atomic E-state index is 0.0219. The van der Waals surface area contributed by atoms with E-state index in [4.69, 9.17) is 10.4 Å². The summed E-state index contributed by atoms with van der Waals surface area (Å²) in [5.41, 5.74) is 0.450. The van der Waals surface area contributed by atoms with Gasteiger partial charge >= 0.3 is 5.97 Å². The Morgan fingerprint density at radius 1 is 1.56 bits per heavy atom. The van der Waals surface area contributed by atoms with Crippen LogP contribution in [0, 0.1) is 23.1 Å². The topological polar surface area (TPSA) is 64.3 Å². The lowest BCUT2D eigenvalue weighted by Crippen LogP contribution is -2.50. The number of carboxylic acids is 1. The van der Waals surface area contributed by atoms with E-state index in [-0.39, 0.29) is 5.56 Å². The van der Waals surface area contributed by atoms with Gasteiger partial charge in [0.25, 0.3) is 0 Å². The highest BCUT2D eigenvalue weighted by Crippen LogP contribution is 2.29. The van der Waals surface area contributed by atoms with Crippen LogP contribution >= 0.6 is 0 Å². The van der Waals surface area contributed by atoms with E-state index in [1.54, 1.807) is 17.0 Å². The van der Waals surface area contributed by atoms with Gasteiger partial charge in [-0.3, -0.25) is 4.79 Å². The van der Waals surface area contributed by atoms with Crippen molar-refractivity contribution < 1.29 is 14.3 Å². The largest absolute Gasteiger partial charge is 0.481 e. The molecule has 0 saturated carbocycles. The van der Waals surface area contributed by atoms with Crippen LogP contribution in [0.5, 0.6) is 0 Å². The van der Waals surface area contributed by atoms with Gasteiger partial charge < -0.3 is 10.0 Å². The third kappa shape index (κ3) is 1.58. The first-order valence-corrected chi connectivity index (χ1v) is 4.80. The molecular weight excluding hydrogens is 211 g/mol. The summed E-state index contributed by atoms with van der Waals surface area (Å²) in [6.07, 6.45) is 0. The molecule has 1 aromatic rings. The zero-order valence-electron chi connectivity index (χ0n) is 8.35. The average molecular weight is 220 g/mol. The summed E-state index contributed by atoms with van der Waals surface area (Å²) in [6, 6.07) is 6.15. The highest BCUT2D eigenvalue weighted by Gasteiger charge is 2.34. The Hall–Kier alpha value is -2.09. The van der Waals surface area contributed by atoms with Crippen LogP contribution in [0.3, 0.4) is 0 Å². The number of carboxylic acid groups (broad SMARTS) is 1. The van der Waals surface area contributed by atoms with Gasteiger partial charge in [-0.15, -0.1) is 0 Å². The Kier molecular flexibility index (Phi) is 2.49. The molecule has 2 rings (SSSR count). The molecule has 0 bridgehead atoms. The number of benzene rings is 1. The maximum atomic E-state index is 13.3. The first-order valence-electron chi connectivity index (χ1n) is 4.80. The fourth-order valence-electron chi connectivity index (χ4n) is 1.72. The second-order valence-corrected chi connectivity index (χ2v) is 3.69. The predicted octanol–water partition coefficient (Wildman–Crippen LogP) is 1.22. The van der Waals surface area contributed by atoms with E-state index in [2.05, 4.69) is 0 Å². The van der Waals surface area contributed by atoms with Crippen molar-refractivity contribution in [1.29, 1.82) is 5.26 Å². The molecule has 0 aromatic heterocycles. The number of halogens is 1. The van der Waals surface area contributed by atoms with Crippen molar-refractivity contribution in [3.8, 4) is 6.07 Å². The van der Waals surface area contributed by atoms with E-state index >= 15 is 0 Å². The molecule has 16 heavy (non-hydrogen) atoms. The SMILES string of the molecule is N#Cc1c(F)cccc1N1CC(C(=O)O)C1. The molecular formula is C11H9FN2O2. The van der Waals surface area contributed by atoms with E-state index in [0.29, 0.717) is 18.8 Å². The summed E-state index contributed by atoms with van der Waals surface area (Å²) in [6.45, 7) is 0.654. The summed E-state index contributed by atoms with van der Waals surface area (Å²) in [7, 11) is 0. The summed E-state index contributed by atoms with van der Waals surface area (Å²) < 4.78 is 13.3. The van der Waals surface area contributed by atoms with E-state index in [1.165, 1.54) is 12.1 Å². The molecule has 0 radical (unpaired) electrons. The quantitative estimate of drug-likeness (QED) is 0.813. The number of hydrogen-bond donors (Lipinski definition) is 1. The van der Waals surface area contributed by atoms with Crippen LogP contribution in [0.15, 0.2) is 18.2 Å². The summed E-state index contributed by atoms with van der Waals surface area (Å²) >= 11 is 0. The molecule has 0 atom stereocenters. The highest BCUT2D eigenvalue weighted by atomic mass is 19.1. The summed E-state index contributed by atoms with van der Waals surface area (Å²) in [5, 5.41) is 17.5. The Balaban J connectivity index is 2.21. The minimum Gasteiger partial charge on any atom is -0.481 e. The van der Waals surface area contributed by atoms with Gasteiger partial charge in [-0.25, -0.2) is 4.39 Å². The Morgan fingerprint density at radius 2 is 2.25 bits per heavy atom. The fraction of sp³-hybridized carbons (Fsp3) is 0.273. The standard InChI is InChI=1S/C11H9FN2O2/c12-9-2-1-3-10(8(9)4-13)14-5-7(6-14)11(15)16/h1-3,7H,5-6H2,(H,15,16). The maximum absolute atomic E-state index is 13.3. The van der Waals surface area contributed by atoms with Crippen LogP contribution in [0.1, 0.15) is 5.56 Å². The fourth-order valence-corrected chi connectivity index (χ4v) is 1.72. The molecule has 1 fully saturated rings. The second kappa shape index (κ2) is 3.81. The van der Waals surface area contributed by atoms with Crippen molar-refractivity contribution in [2.45, 2.75) is 0 Å². The van der Waals surface area contributed by atoms with Gasteiger partial charge in [-0.2, -0.15) is 5.26 Å². The van der Waals surface area contributed by atoms with Crippen molar-refractivity contribution in [1.82, 2.24) is 0 Å². The predicted molar refractivity (Wildman–Crippen MR) is 54.5 cm³/mol. The van der Waals surface area contributed by atoms with E-state index in [9.17, 15) is 9.18 Å². The van der Waals surface area contributed by atoms with Crippen LogP contribution in [-0.4, -0.2) is 24.2 Å². The van der Waals surface area contributed by atoms with Crippen LogP contribution in [0.25, 0.3) is 0 Å². The van der Waals surface area contributed by atoms with E-state index in [0.717, 1.165) is 0 Å². The van der Waals surface area contributed by atoms with Crippen molar-refractivity contribution in [2.24, 2.45) is 5.92 Å². The maximum Gasteiger partial charge on any atom is 0.310 e. The highest BCUT2D eigenvalue weighted by molar-refractivity contribution is 5.75. The zero-order valence-corrected chi connectivity index (χ0v) is 8.35.